The molecule has 6 aromatic carbocycles. The van der Waals surface area contributed by atoms with Crippen molar-refractivity contribution in [2.45, 2.75) is 18.3 Å². The molecule has 7 rings (SSSR count). The van der Waals surface area contributed by atoms with E-state index in [0.29, 0.717) is 0 Å². The summed E-state index contributed by atoms with van der Waals surface area (Å²) < 4.78 is 0. The van der Waals surface area contributed by atoms with Crippen LogP contribution < -0.4 is 0 Å². The largest absolute Gasteiger partial charge is 0.0622 e. The summed E-state index contributed by atoms with van der Waals surface area (Å²) in [5.41, 5.74) is 13.3. The van der Waals surface area contributed by atoms with Crippen LogP contribution in [0, 0.1) is 0 Å². The molecule has 0 unspecified atom stereocenters. The minimum atomic E-state index is -0.218. The highest BCUT2D eigenvalue weighted by Crippen LogP contribution is 2.57. The molecule has 0 amide bonds. The lowest BCUT2D eigenvalue weighted by atomic mass is 9.67. The SMILES string of the molecule is c1ccc(CC2(Cc3ccccc3)c3ccccc3-c3ccc(-c4ccccc4)c(-c4ccccc4)c32)cc1. The molecular formula is C39H30. The van der Waals surface area contributed by atoms with Gasteiger partial charge in [0, 0.05) is 5.41 Å². The Bertz CT molecular complexity index is 1670. The molecular weight excluding hydrogens is 468 g/mol. The highest BCUT2D eigenvalue weighted by molar-refractivity contribution is 5.96. The van der Waals surface area contributed by atoms with E-state index in [1.807, 2.05) is 0 Å². The lowest BCUT2D eigenvalue weighted by Crippen LogP contribution is -2.32. The summed E-state index contributed by atoms with van der Waals surface area (Å²) in [6, 6.07) is 57.8. The van der Waals surface area contributed by atoms with Crippen LogP contribution in [0.4, 0.5) is 0 Å². The van der Waals surface area contributed by atoms with Crippen molar-refractivity contribution in [2.24, 2.45) is 0 Å². The van der Waals surface area contributed by atoms with Gasteiger partial charge in [-0.25, -0.2) is 0 Å². The molecule has 186 valence electrons. The van der Waals surface area contributed by atoms with Crippen molar-refractivity contribution in [1.82, 2.24) is 0 Å². The minimum absolute atomic E-state index is 0.218. The van der Waals surface area contributed by atoms with E-state index in [1.54, 1.807) is 0 Å². The van der Waals surface area contributed by atoms with Gasteiger partial charge in [-0.1, -0.05) is 158 Å². The second kappa shape index (κ2) is 9.89. The number of benzene rings is 6. The molecule has 0 saturated heterocycles. The molecule has 0 radical (unpaired) electrons. The van der Waals surface area contributed by atoms with Crippen molar-refractivity contribution in [1.29, 1.82) is 0 Å². The van der Waals surface area contributed by atoms with Crippen LogP contribution in [0.1, 0.15) is 22.3 Å². The molecule has 1 aliphatic carbocycles. The summed E-state index contributed by atoms with van der Waals surface area (Å²) in [4.78, 5) is 0. The third kappa shape index (κ3) is 4.10. The van der Waals surface area contributed by atoms with Gasteiger partial charge in [0.1, 0.15) is 0 Å². The lowest BCUT2D eigenvalue weighted by molar-refractivity contribution is 0.521. The Hall–Kier alpha value is -4.68. The smallest absolute Gasteiger partial charge is 0.0302 e. The van der Waals surface area contributed by atoms with Crippen LogP contribution in [0.25, 0.3) is 33.4 Å². The zero-order valence-electron chi connectivity index (χ0n) is 21.9. The fraction of sp³-hybridized carbons (Fsp3) is 0.0769. The fourth-order valence-electron chi connectivity index (χ4n) is 6.68. The fourth-order valence-corrected chi connectivity index (χ4v) is 6.68. The second-order valence-corrected chi connectivity index (χ2v) is 10.6. The Morgan fingerprint density at radius 3 is 1.41 bits per heavy atom. The van der Waals surface area contributed by atoms with Crippen LogP contribution >= 0.6 is 0 Å². The molecule has 0 spiro atoms. The van der Waals surface area contributed by atoms with Gasteiger partial charge >= 0.3 is 0 Å². The third-order valence-corrected chi connectivity index (χ3v) is 8.26. The van der Waals surface area contributed by atoms with E-state index in [0.717, 1.165) is 12.8 Å². The maximum atomic E-state index is 2.38. The number of fused-ring (bicyclic) bond motifs is 3. The molecule has 39 heavy (non-hydrogen) atoms. The summed E-state index contributed by atoms with van der Waals surface area (Å²) >= 11 is 0. The monoisotopic (exact) mass is 498 g/mol. The van der Waals surface area contributed by atoms with Crippen LogP contribution in [0.5, 0.6) is 0 Å². The van der Waals surface area contributed by atoms with Crippen molar-refractivity contribution >= 4 is 0 Å². The highest BCUT2D eigenvalue weighted by atomic mass is 14.5. The van der Waals surface area contributed by atoms with Gasteiger partial charge in [0.25, 0.3) is 0 Å². The Kier molecular flexibility index (Phi) is 5.94. The van der Waals surface area contributed by atoms with Crippen molar-refractivity contribution in [2.75, 3.05) is 0 Å². The van der Waals surface area contributed by atoms with Crippen molar-refractivity contribution in [3.8, 4) is 33.4 Å². The zero-order chi connectivity index (χ0) is 26.1. The van der Waals surface area contributed by atoms with Gasteiger partial charge in [0.2, 0.25) is 0 Å². The molecule has 0 atom stereocenters. The summed E-state index contributed by atoms with van der Waals surface area (Å²) in [7, 11) is 0. The molecule has 0 bridgehead atoms. The Morgan fingerprint density at radius 2 is 0.821 bits per heavy atom. The first kappa shape index (κ1) is 23.4. The maximum absolute atomic E-state index is 2.38. The molecule has 1 aliphatic rings. The quantitative estimate of drug-likeness (QED) is 0.214. The molecule has 0 heteroatoms. The first-order chi connectivity index (χ1) is 19.3. The Balaban J connectivity index is 1.60. The van der Waals surface area contributed by atoms with Crippen LogP contribution in [0.15, 0.2) is 158 Å². The van der Waals surface area contributed by atoms with Gasteiger partial charge in [-0.3, -0.25) is 0 Å². The normalized spacial score (nSPS) is 13.0. The van der Waals surface area contributed by atoms with E-state index in [2.05, 4.69) is 158 Å². The number of rotatable bonds is 6. The number of hydrogen-bond acceptors (Lipinski definition) is 0. The van der Waals surface area contributed by atoms with Gasteiger partial charge in [0.05, 0.1) is 0 Å². The van der Waals surface area contributed by atoms with Crippen LogP contribution in [0.2, 0.25) is 0 Å². The van der Waals surface area contributed by atoms with E-state index >= 15 is 0 Å². The van der Waals surface area contributed by atoms with E-state index in [1.165, 1.54) is 55.6 Å². The van der Waals surface area contributed by atoms with E-state index in [-0.39, 0.29) is 5.41 Å². The van der Waals surface area contributed by atoms with E-state index < -0.39 is 0 Å². The first-order valence-electron chi connectivity index (χ1n) is 13.8. The first-order valence-corrected chi connectivity index (χ1v) is 13.8. The van der Waals surface area contributed by atoms with Gasteiger partial charge in [-0.15, -0.1) is 0 Å². The van der Waals surface area contributed by atoms with Crippen molar-refractivity contribution in [3.63, 3.8) is 0 Å². The maximum Gasteiger partial charge on any atom is 0.0302 e. The Labute approximate surface area is 231 Å². The van der Waals surface area contributed by atoms with Crippen LogP contribution in [0.3, 0.4) is 0 Å². The topological polar surface area (TPSA) is 0 Å². The predicted octanol–water partition coefficient (Wildman–Crippen LogP) is 9.77. The standard InChI is InChI=1S/C39H30/c1-5-15-29(16-6-1)27-39(28-30-17-7-2-8-18-30)36-24-14-13-23-34(36)35-26-25-33(31-19-9-3-10-20-31)37(38(35)39)32-21-11-4-12-22-32/h1-26H,27-28H2. The van der Waals surface area contributed by atoms with Gasteiger partial charge in [0.15, 0.2) is 0 Å². The summed E-state index contributed by atoms with van der Waals surface area (Å²) in [6.07, 6.45) is 1.87. The van der Waals surface area contributed by atoms with Gasteiger partial charge < -0.3 is 0 Å². The molecule has 0 heterocycles. The highest BCUT2D eigenvalue weighted by Gasteiger charge is 2.45. The van der Waals surface area contributed by atoms with Crippen LogP contribution in [-0.4, -0.2) is 0 Å². The molecule has 0 saturated carbocycles. The molecule has 0 aliphatic heterocycles. The average molecular weight is 499 g/mol. The van der Waals surface area contributed by atoms with Crippen molar-refractivity contribution in [3.05, 3.63) is 180 Å². The predicted molar refractivity (Wildman–Crippen MR) is 164 cm³/mol. The molecule has 0 aromatic heterocycles. The Morgan fingerprint density at radius 1 is 0.359 bits per heavy atom. The third-order valence-electron chi connectivity index (χ3n) is 8.26. The molecule has 0 nitrogen and oxygen atoms in total. The molecule has 0 fully saturated rings. The van der Waals surface area contributed by atoms with Crippen molar-refractivity contribution < 1.29 is 0 Å². The minimum Gasteiger partial charge on any atom is -0.0622 e. The molecule has 6 aromatic rings. The van der Waals surface area contributed by atoms with E-state index in [9.17, 15) is 0 Å². The average Bonchev–Trinajstić information content (AvgIpc) is 3.28. The second-order valence-electron chi connectivity index (χ2n) is 10.6. The zero-order valence-corrected chi connectivity index (χ0v) is 21.9. The van der Waals surface area contributed by atoms with E-state index in [4.69, 9.17) is 0 Å². The summed E-state index contributed by atoms with van der Waals surface area (Å²) in [6.45, 7) is 0. The number of hydrogen-bond donors (Lipinski definition) is 0. The lowest BCUT2D eigenvalue weighted by Gasteiger charge is -2.35. The van der Waals surface area contributed by atoms with Crippen LogP contribution in [-0.2, 0) is 18.3 Å². The van der Waals surface area contributed by atoms with Gasteiger partial charge in [-0.2, -0.15) is 0 Å². The summed E-state index contributed by atoms with van der Waals surface area (Å²) in [5.74, 6) is 0. The molecule has 0 N–H and O–H groups in total. The van der Waals surface area contributed by atoms with Gasteiger partial charge in [-0.05, 0) is 68.5 Å². The summed E-state index contributed by atoms with van der Waals surface area (Å²) in [5, 5.41) is 0.